The van der Waals surface area contributed by atoms with Crippen LogP contribution >= 0.6 is 22.7 Å². The molecule has 138 valence electrons. The van der Waals surface area contributed by atoms with Gasteiger partial charge >= 0.3 is 5.97 Å². The maximum absolute atomic E-state index is 12.4. The number of carbonyl (C=O) groups excluding carboxylic acids is 3. The molecule has 0 spiro atoms. The van der Waals surface area contributed by atoms with E-state index < -0.39 is 23.9 Å². The van der Waals surface area contributed by atoms with Gasteiger partial charge in [-0.1, -0.05) is 0 Å². The Balaban J connectivity index is 1.71. The summed E-state index contributed by atoms with van der Waals surface area (Å²) in [5.41, 5.74) is 7.37. The Labute approximate surface area is 158 Å². The first kappa shape index (κ1) is 18.5. The number of anilines is 1. The monoisotopic (exact) mass is 393 g/mol. The average Bonchev–Trinajstić information content (AvgIpc) is 3.20. The van der Waals surface area contributed by atoms with E-state index in [1.165, 1.54) is 29.6 Å². The summed E-state index contributed by atoms with van der Waals surface area (Å²) in [6.07, 6.45) is 1.64. The summed E-state index contributed by atoms with van der Waals surface area (Å²) in [7, 11) is 0. The van der Waals surface area contributed by atoms with Gasteiger partial charge in [0.2, 0.25) is 0 Å². The number of ether oxygens (including phenoxy) is 1. The van der Waals surface area contributed by atoms with Gasteiger partial charge in [0.15, 0.2) is 6.10 Å². The van der Waals surface area contributed by atoms with Gasteiger partial charge in [-0.15, -0.1) is 22.7 Å². The highest BCUT2D eigenvalue weighted by atomic mass is 32.1. The lowest BCUT2D eigenvalue weighted by molar-refractivity contribution is -0.123. The number of nitrogens with one attached hydrogen (secondary N) is 1. The Morgan fingerprint density at radius 3 is 2.58 bits per heavy atom. The van der Waals surface area contributed by atoms with Crippen LogP contribution in [0.2, 0.25) is 0 Å². The molecule has 2 aromatic heterocycles. The smallest absolute Gasteiger partial charge is 0.351 e. The molecule has 2 amide bonds. The predicted molar refractivity (Wildman–Crippen MR) is 100.0 cm³/mol. The number of rotatable bonds is 5. The fraction of sp³-hybridized carbons (Fsp3) is 0.412. The van der Waals surface area contributed by atoms with Crippen LogP contribution in [0.15, 0.2) is 0 Å². The SMILES string of the molecule is Cc1nc(C)c(C(=O)O[C@H](C)C(=O)Nc2sc3c(c2C(N)=O)CCC3)s1. The third kappa shape index (κ3) is 3.49. The molecule has 9 heteroatoms. The van der Waals surface area contributed by atoms with Gasteiger partial charge in [-0.25, -0.2) is 9.78 Å². The Kier molecular flexibility index (Phi) is 5.10. The van der Waals surface area contributed by atoms with Gasteiger partial charge in [0.25, 0.3) is 11.8 Å². The van der Waals surface area contributed by atoms with E-state index in [-0.39, 0.29) is 0 Å². The molecule has 1 aliphatic rings. The number of fused-ring (bicyclic) bond motifs is 1. The third-order valence-corrected chi connectivity index (χ3v) is 6.41. The summed E-state index contributed by atoms with van der Waals surface area (Å²) in [4.78, 5) is 42.1. The first-order valence-electron chi connectivity index (χ1n) is 8.18. The molecule has 0 saturated carbocycles. The zero-order chi connectivity index (χ0) is 19.0. The van der Waals surface area contributed by atoms with E-state index in [0.717, 1.165) is 34.7 Å². The van der Waals surface area contributed by atoms with E-state index in [1.807, 2.05) is 0 Å². The molecule has 2 heterocycles. The van der Waals surface area contributed by atoms with Crippen LogP contribution in [-0.2, 0) is 22.4 Å². The van der Waals surface area contributed by atoms with E-state index in [4.69, 9.17) is 10.5 Å². The highest BCUT2D eigenvalue weighted by Crippen LogP contribution is 2.38. The number of aromatic nitrogens is 1. The number of nitrogens with zero attached hydrogens (tertiary/aromatic N) is 1. The molecule has 3 rings (SSSR count). The lowest BCUT2D eigenvalue weighted by Crippen LogP contribution is -2.30. The fourth-order valence-corrected chi connectivity index (χ4v) is 5.06. The van der Waals surface area contributed by atoms with Crippen LogP contribution in [0.4, 0.5) is 5.00 Å². The molecule has 7 nitrogen and oxygen atoms in total. The second-order valence-electron chi connectivity index (χ2n) is 6.11. The molecule has 0 fully saturated rings. The summed E-state index contributed by atoms with van der Waals surface area (Å²) in [5.74, 6) is -1.64. The number of carbonyl (C=O) groups is 3. The van der Waals surface area contributed by atoms with Gasteiger partial charge in [0.1, 0.15) is 9.88 Å². The fourth-order valence-electron chi connectivity index (χ4n) is 2.95. The van der Waals surface area contributed by atoms with Crippen LogP contribution in [0.5, 0.6) is 0 Å². The molecule has 1 atom stereocenters. The van der Waals surface area contributed by atoms with Crippen LogP contribution in [0, 0.1) is 13.8 Å². The summed E-state index contributed by atoms with van der Waals surface area (Å²) in [6.45, 7) is 5.00. The second-order valence-corrected chi connectivity index (χ2v) is 8.42. The van der Waals surface area contributed by atoms with Crippen molar-refractivity contribution in [2.24, 2.45) is 5.73 Å². The Bertz CT molecular complexity index is 900. The number of esters is 1. The van der Waals surface area contributed by atoms with Gasteiger partial charge in [-0.2, -0.15) is 0 Å². The van der Waals surface area contributed by atoms with Crippen LogP contribution in [-0.4, -0.2) is 28.9 Å². The highest BCUT2D eigenvalue weighted by Gasteiger charge is 2.28. The van der Waals surface area contributed by atoms with E-state index in [9.17, 15) is 14.4 Å². The number of hydrogen-bond acceptors (Lipinski definition) is 7. The zero-order valence-electron chi connectivity index (χ0n) is 14.7. The standard InChI is InChI=1S/C17H19N3O4S2/c1-7-13(25-9(3)19-7)17(23)24-8(2)15(22)20-16-12(14(18)21)10-5-4-6-11(10)26-16/h8H,4-6H2,1-3H3,(H2,18,21)(H,20,22)/t8-/m1/s1. The topological polar surface area (TPSA) is 111 Å². The summed E-state index contributed by atoms with van der Waals surface area (Å²) in [5, 5.41) is 3.87. The molecule has 1 aliphatic carbocycles. The normalized spacial score (nSPS) is 14.0. The largest absolute Gasteiger partial charge is 0.448 e. The number of thiazole rings is 1. The minimum atomic E-state index is -1.01. The first-order chi connectivity index (χ1) is 12.3. The van der Waals surface area contributed by atoms with Gasteiger partial charge in [0.05, 0.1) is 16.3 Å². The summed E-state index contributed by atoms with van der Waals surface area (Å²) in [6, 6.07) is 0. The molecule has 2 aromatic rings. The van der Waals surface area contributed by atoms with E-state index in [0.29, 0.717) is 21.1 Å². The Hall–Kier alpha value is -2.26. The predicted octanol–water partition coefficient (Wildman–Crippen LogP) is 2.59. The maximum Gasteiger partial charge on any atom is 0.351 e. The van der Waals surface area contributed by atoms with Crippen molar-refractivity contribution in [2.45, 2.75) is 46.1 Å². The Morgan fingerprint density at radius 2 is 1.96 bits per heavy atom. The van der Waals surface area contributed by atoms with E-state index in [1.54, 1.807) is 13.8 Å². The average molecular weight is 393 g/mol. The van der Waals surface area contributed by atoms with Crippen molar-refractivity contribution in [1.29, 1.82) is 0 Å². The molecular formula is C17H19N3O4S2. The molecule has 0 radical (unpaired) electrons. The van der Waals surface area contributed by atoms with Crippen molar-refractivity contribution in [1.82, 2.24) is 4.98 Å². The van der Waals surface area contributed by atoms with Crippen molar-refractivity contribution in [3.8, 4) is 0 Å². The van der Waals surface area contributed by atoms with Crippen molar-refractivity contribution in [3.05, 3.63) is 31.6 Å². The summed E-state index contributed by atoms with van der Waals surface area (Å²) >= 11 is 2.59. The quantitative estimate of drug-likeness (QED) is 0.759. The van der Waals surface area contributed by atoms with Crippen LogP contribution in [0.25, 0.3) is 0 Å². The van der Waals surface area contributed by atoms with E-state index in [2.05, 4.69) is 10.3 Å². The van der Waals surface area contributed by atoms with Crippen LogP contribution in [0.3, 0.4) is 0 Å². The minimum absolute atomic E-state index is 0.378. The molecule has 3 N–H and O–H groups in total. The maximum atomic E-state index is 12.4. The lowest BCUT2D eigenvalue weighted by Gasteiger charge is -2.13. The number of primary amides is 1. The molecule has 0 bridgehead atoms. The molecule has 26 heavy (non-hydrogen) atoms. The molecule has 0 saturated heterocycles. The third-order valence-electron chi connectivity index (χ3n) is 4.15. The van der Waals surface area contributed by atoms with E-state index >= 15 is 0 Å². The number of nitrogens with two attached hydrogens (primary N) is 1. The second kappa shape index (κ2) is 7.16. The van der Waals surface area contributed by atoms with Gasteiger partial charge in [-0.05, 0) is 45.6 Å². The van der Waals surface area contributed by atoms with Gasteiger partial charge in [0, 0.05) is 4.88 Å². The van der Waals surface area contributed by atoms with Gasteiger partial charge < -0.3 is 15.8 Å². The van der Waals surface area contributed by atoms with Crippen LogP contribution in [0.1, 0.15) is 54.5 Å². The van der Waals surface area contributed by atoms with Crippen molar-refractivity contribution < 1.29 is 19.1 Å². The minimum Gasteiger partial charge on any atom is -0.448 e. The first-order valence-corrected chi connectivity index (χ1v) is 9.81. The number of thiophene rings is 1. The van der Waals surface area contributed by atoms with Crippen LogP contribution < -0.4 is 11.1 Å². The molecule has 0 unspecified atom stereocenters. The summed E-state index contributed by atoms with van der Waals surface area (Å²) < 4.78 is 5.25. The molecule has 0 aromatic carbocycles. The van der Waals surface area contributed by atoms with Gasteiger partial charge in [-0.3, -0.25) is 9.59 Å². The molecular weight excluding hydrogens is 374 g/mol. The number of aryl methyl sites for hydroxylation is 3. The zero-order valence-corrected chi connectivity index (χ0v) is 16.3. The number of hydrogen-bond donors (Lipinski definition) is 2. The van der Waals surface area contributed by atoms with Crippen molar-refractivity contribution in [3.63, 3.8) is 0 Å². The lowest BCUT2D eigenvalue weighted by atomic mass is 10.1. The highest BCUT2D eigenvalue weighted by molar-refractivity contribution is 7.17. The Morgan fingerprint density at radius 1 is 1.23 bits per heavy atom. The van der Waals surface area contributed by atoms with Crippen molar-refractivity contribution >= 4 is 45.5 Å². The molecule has 0 aliphatic heterocycles. The van der Waals surface area contributed by atoms with Crippen molar-refractivity contribution in [2.75, 3.05) is 5.32 Å². The number of amides is 2.